The standard InChI is InChI=1S/C18H22N4O3S/c1-25-15-9-5-4-8-14(15)22-17(24)11(16(23)21-18(22)26)10-20-13-7-3-2-6-12(13)19/h4-5,8-13H,2-3,6-7,19H2,1H3,(H,21,23,26)/p+1/t11-,12-,13-/m1/s1. The lowest BCUT2D eigenvalue weighted by Crippen LogP contribution is -2.66. The van der Waals surface area contributed by atoms with Crippen LogP contribution in [0.3, 0.4) is 0 Å². The number of carbonyl (C=O) groups is 2. The van der Waals surface area contributed by atoms with Crippen LogP contribution in [-0.4, -0.2) is 42.3 Å². The van der Waals surface area contributed by atoms with Gasteiger partial charge < -0.3 is 15.8 Å². The van der Waals surface area contributed by atoms with E-state index in [0.29, 0.717) is 11.4 Å². The Bertz CT molecular complexity index is 752. The number of nitrogens with zero attached hydrogens (tertiary/aromatic N) is 2. The van der Waals surface area contributed by atoms with Crippen molar-refractivity contribution in [3.05, 3.63) is 24.3 Å². The fraction of sp³-hybridized carbons (Fsp3) is 0.444. The summed E-state index contributed by atoms with van der Waals surface area (Å²) in [5.41, 5.74) is 4.63. The third-order valence-corrected chi connectivity index (χ3v) is 5.11. The second kappa shape index (κ2) is 7.92. The highest BCUT2D eigenvalue weighted by atomic mass is 32.1. The molecule has 3 rings (SSSR count). The number of para-hydroxylation sites is 2. The molecule has 2 amide bonds. The lowest BCUT2D eigenvalue weighted by Gasteiger charge is -2.32. The Morgan fingerprint density at radius 3 is 2.77 bits per heavy atom. The van der Waals surface area contributed by atoms with Gasteiger partial charge in [0.15, 0.2) is 11.0 Å². The summed E-state index contributed by atoms with van der Waals surface area (Å²) in [6.45, 7) is 0. The summed E-state index contributed by atoms with van der Waals surface area (Å²) in [4.78, 5) is 31.1. The minimum Gasteiger partial charge on any atom is -0.495 e. The highest BCUT2D eigenvalue weighted by Crippen LogP contribution is 2.30. The quantitative estimate of drug-likeness (QED) is 0.459. The molecule has 1 aliphatic carbocycles. The van der Waals surface area contributed by atoms with Crippen molar-refractivity contribution in [3.63, 3.8) is 0 Å². The number of anilines is 1. The van der Waals surface area contributed by atoms with E-state index < -0.39 is 17.7 Å². The number of carbonyl (C=O) groups excluding carboxylic acids is 2. The van der Waals surface area contributed by atoms with Gasteiger partial charge in [-0.2, -0.15) is 0 Å². The largest absolute Gasteiger partial charge is 0.495 e. The third-order valence-electron chi connectivity index (χ3n) is 4.82. The number of methoxy groups -OCH3 is 1. The Kier molecular flexibility index (Phi) is 5.63. The van der Waals surface area contributed by atoms with E-state index in [9.17, 15) is 9.59 Å². The van der Waals surface area contributed by atoms with Gasteiger partial charge in [0.1, 0.15) is 17.8 Å². The van der Waals surface area contributed by atoms with Crippen molar-refractivity contribution >= 4 is 41.0 Å². The zero-order chi connectivity index (χ0) is 18.7. The topological polar surface area (TPSA) is 98.6 Å². The second-order valence-electron chi connectivity index (χ2n) is 6.53. The van der Waals surface area contributed by atoms with Crippen LogP contribution in [0.4, 0.5) is 5.69 Å². The van der Waals surface area contributed by atoms with Crippen molar-refractivity contribution < 1.29 is 20.1 Å². The molecule has 1 saturated carbocycles. The number of hydrogen-bond donors (Lipinski definition) is 2. The van der Waals surface area contributed by atoms with Gasteiger partial charge in [0, 0.05) is 12.6 Å². The van der Waals surface area contributed by atoms with Gasteiger partial charge >= 0.3 is 0 Å². The van der Waals surface area contributed by atoms with E-state index in [-0.39, 0.29) is 17.2 Å². The molecule has 2 fully saturated rings. The molecule has 4 N–H and O–H groups in total. The van der Waals surface area contributed by atoms with Crippen molar-refractivity contribution in [2.45, 2.75) is 37.8 Å². The summed E-state index contributed by atoms with van der Waals surface area (Å²) in [5, 5.41) is 2.64. The highest BCUT2D eigenvalue weighted by Gasteiger charge is 2.39. The van der Waals surface area contributed by atoms with Gasteiger partial charge in [-0.05, 0) is 37.2 Å². The molecule has 1 aromatic rings. The highest BCUT2D eigenvalue weighted by molar-refractivity contribution is 7.80. The van der Waals surface area contributed by atoms with Crippen LogP contribution in [0.25, 0.3) is 0 Å². The average molecular weight is 375 g/mol. The van der Waals surface area contributed by atoms with Crippen molar-refractivity contribution in [1.29, 1.82) is 0 Å². The maximum absolute atomic E-state index is 13.0. The molecule has 0 radical (unpaired) electrons. The normalized spacial score (nSPS) is 26.9. The van der Waals surface area contributed by atoms with Crippen LogP contribution in [0.5, 0.6) is 5.75 Å². The Hall–Kier alpha value is -2.32. The fourth-order valence-electron chi connectivity index (χ4n) is 3.35. The number of amides is 2. The predicted octanol–water partition coefficient (Wildman–Crippen LogP) is 0.683. The molecular formula is C18H23N4O3S+. The number of benzene rings is 1. The van der Waals surface area contributed by atoms with Crippen molar-refractivity contribution in [2.24, 2.45) is 10.9 Å². The van der Waals surface area contributed by atoms with Gasteiger partial charge in [-0.15, -0.1) is 0 Å². The van der Waals surface area contributed by atoms with E-state index in [0.717, 1.165) is 25.7 Å². The van der Waals surface area contributed by atoms with Gasteiger partial charge in [0.25, 0.3) is 5.91 Å². The summed E-state index contributed by atoms with van der Waals surface area (Å²) in [5.74, 6) is -1.39. The molecule has 0 bridgehead atoms. The Labute approximate surface area is 157 Å². The van der Waals surface area contributed by atoms with Crippen LogP contribution in [0, 0.1) is 5.92 Å². The molecule has 1 saturated heterocycles. The molecule has 0 unspecified atom stereocenters. The van der Waals surface area contributed by atoms with Gasteiger partial charge in [-0.25, -0.2) is 0 Å². The number of thiocarbonyl (C=S) groups is 1. The van der Waals surface area contributed by atoms with E-state index in [1.165, 1.54) is 18.2 Å². The predicted molar refractivity (Wildman–Crippen MR) is 102 cm³/mol. The Morgan fingerprint density at radius 2 is 2.04 bits per heavy atom. The molecule has 8 heteroatoms. The maximum atomic E-state index is 13.0. The second-order valence-corrected chi connectivity index (χ2v) is 6.91. The first-order chi connectivity index (χ1) is 12.5. The van der Waals surface area contributed by atoms with Crippen LogP contribution >= 0.6 is 12.2 Å². The van der Waals surface area contributed by atoms with Crippen molar-refractivity contribution in [3.8, 4) is 5.75 Å². The van der Waals surface area contributed by atoms with Gasteiger partial charge in [-0.3, -0.25) is 19.5 Å². The smallest absolute Gasteiger partial charge is 0.251 e. The molecule has 2 aliphatic rings. The lowest BCUT2D eigenvalue weighted by molar-refractivity contribution is -0.428. The lowest BCUT2D eigenvalue weighted by atomic mass is 9.91. The van der Waals surface area contributed by atoms with Crippen LogP contribution in [0.1, 0.15) is 25.7 Å². The summed E-state index contributed by atoms with van der Waals surface area (Å²) in [6, 6.07) is 7.31. The maximum Gasteiger partial charge on any atom is 0.251 e. The summed E-state index contributed by atoms with van der Waals surface area (Å²) >= 11 is 5.21. The molecule has 7 nitrogen and oxygen atoms in total. The number of rotatable bonds is 4. The molecular weight excluding hydrogens is 352 g/mol. The van der Waals surface area contributed by atoms with Crippen LogP contribution in [0.2, 0.25) is 0 Å². The number of aliphatic imine (C=N–C) groups is 1. The minimum absolute atomic E-state index is 0.0434. The van der Waals surface area contributed by atoms with E-state index >= 15 is 0 Å². The zero-order valence-corrected chi connectivity index (χ0v) is 15.5. The van der Waals surface area contributed by atoms with E-state index in [4.69, 9.17) is 17.0 Å². The first kappa shape index (κ1) is 18.5. The first-order valence-electron chi connectivity index (χ1n) is 8.71. The minimum atomic E-state index is -1.01. The van der Waals surface area contributed by atoms with E-state index in [1.807, 2.05) is 0 Å². The summed E-state index contributed by atoms with van der Waals surface area (Å²) in [6.07, 6.45) is 5.65. The van der Waals surface area contributed by atoms with E-state index in [1.54, 1.807) is 24.3 Å². The van der Waals surface area contributed by atoms with Crippen LogP contribution in [-0.2, 0) is 9.59 Å². The van der Waals surface area contributed by atoms with Gasteiger partial charge in [0.05, 0.1) is 12.8 Å². The molecule has 3 atom stereocenters. The Balaban J connectivity index is 1.86. The molecule has 138 valence electrons. The molecule has 1 aromatic carbocycles. The molecule has 0 spiro atoms. The third kappa shape index (κ3) is 3.61. The first-order valence-corrected chi connectivity index (χ1v) is 9.12. The van der Waals surface area contributed by atoms with Crippen LogP contribution in [0.15, 0.2) is 29.3 Å². The Morgan fingerprint density at radius 1 is 1.31 bits per heavy atom. The number of ether oxygens (including phenoxy) is 1. The average Bonchev–Trinajstić information content (AvgIpc) is 2.63. The molecule has 1 aliphatic heterocycles. The monoisotopic (exact) mass is 375 g/mol. The summed E-state index contributed by atoms with van der Waals surface area (Å²) in [7, 11) is 1.52. The fourth-order valence-corrected chi connectivity index (χ4v) is 3.63. The number of quaternary nitrogens is 1. The van der Waals surface area contributed by atoms with E-state index in [2.05, 4.69) is 16.0 Å². The van der Waals surface area contributed by atoms with Crippen molar-refractivity contribution in [2.75, 3.05) is 12.0 Å². The SMILES string of the molecule is COc1ccccc1N1C(=O)[C@H](C=N[C@@H]2CCCC[C@H]2[NH3+])C(=O)NC1=S. The zero-order valence-electron chi connectivity index (χ0n) is 14.7. The molecule has 1 heterocycles. The van der Waals surface area contributed by atoms with Gasteiger partial charge in [-0.1, -0.05) is 18.6 Å². The van der Waals surface area contributed by atoms with Crippen LogP contribution < -0.4 is 20.7 Å². The molecule has 0 aromatic heterocycles. The number of nitrogens with one attached hydrogen (secondary N) is 1. The summed E-state index contributed by atoms with van der Waals surface area (Å²) < 4.78 is 5.32. The molecule has 26 heavy (non-hydrogen) atoms. The number of hydrogen-bond acceptors (Lipinski definition) is 5. The van der Waals surface area contributed by atoms with Crippen molar-refractivity contribution in [1.82, 2.24) is 5.32 Å². The van der Waals surface area contributed by atoms with Gasteiger partial charge in [0.2, 0.25) is 5.91 Å².